The second-order valence-corrected chi connectivity index (χ2v) is 2.45. The molecule has 70 valence electrons. The first-order chi connectivity index (χ1) is 5.61. The third kappa shape index (κ3) is 3.92. The van der Waals surface area contributed by atoms with Crippen molar-refractivity contribution in [1.29, 1.82) is 0 Å². The molecule has 0 rings (SSSR count). The maximum atomic E-state index is 11.1. The maximum Gasteiger partial charge on any atom is 0.239 e. The summed E-state index contributed by atoms with van der Waals surface area (Å²) in [4.78, 5) is 23.3. The molecule has 0 aliphatic heterocycles. The van der Waals surface area contributed by atoms with E-state index in [1.807, 2.05) is 0 Å². The first-order valence-electron chi connectivity index (χ1n) is 3.71. The van der Waals surface area contributed by atoms with Gasteiger partial charge in [-0.05, 0) is 7.05 Å². The lowest BCUT2D eigenvalue weighted by Gasteiger charge is -2.15. The third-order valence-corrected chi connectivity index (χ3v) is 1.41. The topological polar surface area (TPSA) is 61.4 Å². The van der Waals surface area contributed by atoms with Crippen LogP contribution in [0.4, 0.5) is 0 Å². The first kappa shape index (κ1) is 10.9. The number of rotatable bonds is 4. The van der Waals surface area contributed by atoms with Gasteiger partial charge in [0.15, 0.2) is 0 Å². The third-order valence-electron chi connectivity index (χ3n) is 1.41. The van der Waals surface area contributed by atoms with Crippen LogP contribution in [0.3, 0.4) is 0 Å². The minimum absolute atomic E-state index is 0.0962. The van der Waals surface area contributed by atoms with Crippen LogP contribution in [0.25, 0.3) is 0 Å². The van der Waals surface area contributed by atoms with Gasteiger partial charge in [-0.15, -0.1) is 0 Å². The molecule has 12 heavy (non-hydrogen) atoms. The van der Waals surface area contributed by atoms with Gasteiger partial charge in [0.25, 0.3) is 0 Å². The van der Waals surface area contributed by atoms with E-state index in [2.05, 4.69) is 10.6 Å². The summed E-state index contributed by atoms with van der Waals surface area (Å²) in [6.45, 7) is 0.366. The van der Waals surface area contributed by atoms with Crippen molar-refractivity contribution in [3.63, 3.8) is 0 Å². The molecule has 0 spiro atoms. The molecule has 2 N–H and O–H groups in total. The number of hydrogen-bond donors (Lipinski definition) is 2. The number of amides is 2. The summed E-state index contributed by atoms with van der Waals surface area (Å²) in [6.07, 6.45) is 0. The fraction of sp³-hybridized carbons (Fsp3) is 0.714. The average molecular weight is 173 g/mol. The van der Waals surface area contributed by atoms with Crippen molar-refractivity contribution in [3.05, 3.63) is 0 Å². The summed E-state index contributed by atoms with van der Waals surface area (Å²) in [5, 5.41) is 5.16. The Morgan fingerprint density at radius 3 is 2.33 bits per heavy atom. The molecule has 0 bridgehead atoms. The van der Waals surface area contributed by atoms with Gasteiger partial charge in [-0.3, -0.25) is 9.59 Å². The van der Waals surface area contributed by atoms with Crippen molar-refractivity contribution in [3.8, 4) is 0 Å². The first-order valence-corrected chi connectivity index (χ1v) is 3.71. The molecule has 2 amide bonds. The van der Waals surface area contributed by atoms with Gasteiger partial charge in [0.1, 0.15) is 0 Å². The van der Waals surface area contributed by atoms with Crippen LogP contribution < -0.4 is 10.6 Å². The van der Waals surface area contributed by atoms with Crippen molar-refractivity contribution < 1.29 is 9.59 Å². The SMILES string of the molecule is CNCC(=O)N(C)CC(=O)NC. The minimum Gasteiger partial charge on any atom is -0.358 e. The van der Waals surface area contributed by atoms with Crippen LogP contribution in [0.15, 0.2) is 0 Å². The Hall–Kier alpha value is -1.10. The Labute approximate surface area is 72.1 Å². The second-order valence-electron chi connectivity index (χ2n) is 2.45. The molecule has 5 nitrogen and oxygen atoms in total. The van der Waals surface area contributed by atoms with Gasteiger partial charge in [0.2, 0.25) is 11.8 Å². The lowest BCUT2D eigenvalue weighted by molar-refractivity contribution is -0.133. The average Bonchev–Trinajstić information content (AvgIpc) is 2.04. The molecule has 0 radical (unpaired) electrons. The number of nitrogens with one attached hydrogen (secondary N) is 2. The zero-order chi connectivity index (χ0) is 9.56. The van der Waals surface area contributed by atoms with E-state index in [0.29, 0.717) is 0 Å². The lowest BCUT2D eigenvalue weighted by Crippen LogP contribution is -2.40. The van der Waals surface area contributed by atoms with Crippen molar-refractivity contribution in [2.75, 3.05) is 34.2 Å². The molecule has 0 aliphatic carbocycles. The van der Waals surface area contributed by atoms with Crippen LogP contribution in [0.5, 0.6) is 0 Å². The number of carbonyl (C=O) groups is 2. The predicted molar refractivity (Wildman–Crippen MR) is 45.6 cm³/mol. The largest absolute Gasteiger partial charge is 0.358 e. The van der Waals surface area contributed by atoms with Crippen molar-refractivity contribution in [2.24, 2.45) is 0 Å². The molecule has 0 aromatic heterocycles. The Morgan fingerprint density at radius 2 is 1.92 bits per heavy atom. The van der Waals surface area contributed by atoms with E-state index in [0.717, 1.165) is 0 Å². The molecule has 0 atom stereocenters. The van der Waals surface area contributed by atoms with E-state index in [9.17, 15) is 9.59 Å². The van der Waals surface area contributed by atoms with E-state index in [4.69, 9.17) is 0 Å². The standard InChI is InChI=1S/C7H15N3O2/c1-8-4-7(12)10(3)5-6(11)9-2/h8H,4-5H2,1-3H3,(H,9,11). The summed E-state index contributed by atoms with van der Waals surface area (Å²) < 4.78 is 0. The van der Waals surface area contributed by atoms with Crippen LogP contribution in [0.1, 0.15) is 0 Å². The highest BCUT2D eigenvalue weighted by Gasteiger charge is 2.09. The van der Waals surface area contributed by atoms with Gasteiger partial charge in [-0.25, -0.2) is 0 Å². The zero-order valence-corrected chi connectivity index (χ0v) is 7.68. The molecular weight excluding hydrogens is 158 g/mol. The molecule has 0 fully saturated rings. The Balaban J connectivity index is 3.78. The summed E-state index contributed by atoms with van der Waals surface area (Å²) >= 11 is 0. The number of carbonyl (C=O) groups excluding carboxylic acids is 2. The fourth-order valence-electron chi connectivity index (χ4n) is 0.669. The summed E-state index contributed by atoms with van der Waals surface area (Å²) in [7, 11) is 4.82. The van der Waals surface area contributed by atoms with Crippen LogP contribution in [0.2, 0.25) is 0 Å². The monoisotopic (exact) mass is 173 g/mol. The quantitative estimate of drug-likeness (QED) is 0.539. The van der Waals surface area contributed by atoms with Gasteiger partial charge in [-0.2, -0.15) is 0 Å². The van der Waals surface area contributed by atoms with Crippen molar-refractivity contribution in [1.82, 2.24) is 15.5 Å². The summed E-state index contributed by atoms with van der Waals surface area (Å²) in [6, 6.07) is 0. The van der Waals surface area contributed by atoms with Crippen molar-refractivity contribution >= 4 is 11.8 Å². The van der Waals surface area contributed by atoms with Crippen LogP contribution >= 0.6 is 0 Å². The Bertz CT molecular complexity index is 170. The molecule has 0 aromatic rings. The predicted octanol–water partition coefficient (Wildman–Crippen LogP) is -1.59. The number of hydrogen-bond acceptors (Lipinski definition) is 3. The van der Waals surface area contributed by atoms with E-state index >= 15 is 0 Å². The van der Waals surface area contributed by atoms with Gasteiger partial charge in [-0.1, -0.05) is 0 Å². The molecule has 0 saturated carbocycles. The lowest BCUT2D eigenvalue weighted by atomic mass is 10.4. The maximum absolute atomic E-state index is 11.1. The minimum atomic E-state index is -0.165. The highest BCUT2D eigenvalue weighted by atomic mass is 16.2. The van der Waals surface area contributed by atoms with E-state index < -0.39 is 0 Å². The van der Waals surface area contributed by atoms with Crippen molar-refractivity contribution in [2.45, 2.75) is 0 Å². The van der Waals surface area contributed by atoms with Crippen LogP contribution in [-0.2, 0) is 9.59 Å². The molecule has 0 heterocycles. The van der Waals surface area contributed by atoms with E-state index in [1.165, 1.54) is 4.90 Å². The van der Waals surface area contributed by atoms with Gasteiger partial charge < -0.3 is 15.5 Å². The Kier molecular flexibility index (Phi) is 5.03. The van der Waals surface area contributed by atoms with E-state index in [-0.39, 0.29) is 24.9 Å². The summed E-state index contributed by atoms with van der Waals surface area (Å²) in [5.41, 5.74) is 0. The van der Waals surface area contributed by atoms with Crippen LogP contribution in [-0.4, -0.2) is 50.9 Å². The van der Waals surface area contributed by atoms with Gasteiger partial charge >= 0.3 is 0 Å². The highest BCUT2D eigenvalue weighted by Crippen LogP contribution is 1.82. The van der Waals surface area contributed by atoms with Crippen LogP contribution in [0, 0.1) is 0 Å². The molecule has 0 saturated heterocycles. The molecular formula is C7H15N3O2. The molecule has 0 unspecified atom stereocenters. The second kappa shape index (κ2) is 5.54. The fourth-order valence-corrected chi connectivity index (χ4v) is 0.669. The van der Waals surface area contributed by atoms with E-state index in [1.54, 1.807) is 21.1 Å². The molecule has 0 aliphatic rings. The highest BCUT2D eigenvalue weighted by molar-refractivity contribution is 5.85. The smallest absolute Gasteiger partial charge is 0.239 e. The zero-order valence-electron chi connectivity index (χ0n) is 7.68. The molecule has 5 heteroatoms. The van der Waals surface area contributed by atoms with Gasteiger partial charge in [0.05, 0.1) is 13.1 Å². The molecule has 0 aromatic carbocycles. The number of nitrogens with zero attached hydrogens (tertiary/aromatic N) is 1. The normalized spacial score (nSPS) is 9.25. The van der Waals surface area contributed by atoms with Gasteiger partial charge in [0, 0.05) is 14.1 Å². The Morgan fingerprint density at radius 1 is 1.33 bits per heavy atom. The summed E-state index contributed by atoms with van der Waals surface area (Å²) in [5.74, 6) is -0.261. The number of likely N-dealkylation sites (N-methyl/N-ethyl adjacent to an activating group) is 3.